The van der Waals surface area contributed by atoms with E-state index >= 15 is 0 Å². The standard InChI is InChI=1S/C23H27N3O5/c1-5-30-22(27)20-15(3)24-25-18(21(20)23(28)31-6-2)8-7-12-26-13-11-16-14-17(29-4)9-10-19(16)26/h9-11,13-14H,5-8,12H2,1-4H3. The molecular weight excluding hydrogens is 398 g/mol. The molecule has 2 aromatic heterocycles. The molecule has 1 aromatic carbocycles. The lowest BCUT2D eigenvalue weighted by atomic mass is 10.0. The van der Waals surface area contributed by atoms with E-state index in [1.165, 1.54) is 0 Å². The Bertz CT molecular complexity index is 1090. The number of aromatic nitrogens is 3. The molecule has 3 aromatic rings. The smallest absolute Gasteiger partial charge is 0.341 e. The lowest BCUT2D eigenvalue weighted by Crippen LogP contribution is -2.21. The molecule has 0 aliphatic heterocycles. The molecule has 8 nitrogen and oxygen atoms in total. The molecule has 0 saturated heterocycles. The average Bonchev–Trinajstić information content (AvgIpc) is 3.16. The van der Waals surface area contributed by atoms with Crippen LogP contribution in [0.2, 0.25) is 0 Å². The Morgan fingerprint density at radius 2 is 1.71 bits per heavy atom. The van der Waals surface area contributed by atoms with E-state index in [0.29, 0.717) is 30.8 Å². The molecule has 164 valence electrons. The number of methoxy groups -OCH3 is 1. The number of carbonyl (C=O) groups excluding carboxylic acids is 2. The highest BCUT2D eigenvalue weighted by Crippen LogP contribution is 2.23. The van der Waals surface area contributed by atoms with E-state index in [4.69, 9.17) is 14.2 Å². The largest absolute Gasteiger partial charge is 0.497 e. The Kier molecular flexibility index (Phi) is 7.23. The van der Waals surface area contributed by atoms with Gasteiger partial charge in [-0.05, 0) is 57.9 Å². The van der Waals surface area contributed by atoms with Gasteiger partial charge < -0.3 is 18.8 Å². The minimum Gasteiger partial charge on any atom is -0.497 e. The Balaban J connectivity index is 1.84. The van der Waals surface area contributed by atoms with Crippen LogP contribution < -0.4 is 4.74 Å². The molecule has 8 heteroatoms. The van der Waals surface area contributed by atoms with Crippen LogP contribution in [0.25, 0.3) is 10.9 Å². The first kappa shape index (κ1) is 22.3. The van der Waals surface area contributed by atoms with E-state index in [1.54, 1.807) is 27.9 Å². The van der Waals surface area contributed by atoms with E-state index in [1.807, 2.05) is 30.5 Å². The molecule has 0 spiro atoms. The van der Waals surface area contributed by atoms with Crippen LogP contribution in [-0.4, -0.2) is 47.0 Å². The zero-order valence-corrected chi connectivity index (χ0v) is 18.3. The van der Waals surface area contributed by atoms with Crippen molar-refractivity contribution >= 4 is 22.8 Å². The first-order valence-electron chi connectivity index (χ1n) is 10.3. The predicted molar refractivity (Wildman–Crippen MR) is 115 cm³/mol. The summed E-state index contributed by atoms with van der Waals surface area (Å²) in [6, 6.07) is 7.96. The van der Waals surface area contributed by atoms with Gasteiger partial charge >= 0.3 is 11.9 Å². The van der Waals surface area contributed by atoms with E-state index < -0.39 is 11.9 Å². The Hall–Kier alpha value is -3.42. The fourth-order valence-corrected chi connectivity index (χ4v) is 3.53. The molecule has 0 radical (unpaired) electrons. The van der Waals surface area contributed by atoms with Crippen LogP contribution >= 0.6 is 0 Å². The van der Waals surface area contributed by atoms with Crippen LogP contribution in [0, 0.1) is 6.92 Å². The van der Waals surface area contributed by atoms with Crippen molar-refractivity contribution in [3.63, 3.8) is 0 Å². The topological polar surface area (TPSA) is 92.5 Å². The summed E-state index contributed by atoms with van der Waals surface area (Å²) in [4.78, 5) is 25.2. The van der Waals surface area contributed by atoms with Crippen molar-refractivity contribution in [1.29, 1.82) is 0 Å². The summed E-state index contributed by atoms with van der Waals surface area (Å²) < 4.78 is 17.7. The van der Waals surface area contributed by atoms with Crippen LogP contribution in [-0.2, 0) is 22.4 Å². The van der Waals surface area contributed by atoms with Crippen molar-refractivity contribution in [2.24, 2.45) is 0 Å². The fraction of sp³-hybridized carbons (Fsp3) is 0.391. The van der Waals surface area contributed by atoms with Crippen molar-refractivity contribution in [3.8, 4) is 5.75 Å². The van der Waals surface area contributed by atoms with Crippen LogP contribution in [0.1, 0.15) is 52.4 Å². The number of esters is 2. The van der Waals surface area contributed by atoms with Gasteiger partial charge in [-0.2, -0.15) is 10.2 Å². The summed E-state index contributed by atoms with van der Waals surface area (Å²) in [6.07, 6.45) is 3.17. The summed E-state index contributed by atoms with van der Waals surface area (Å²) in [5.74, 6) is -0.368. The molecule has 2 heterocycles. The second kappa shape index (κ2) is 10.1. The van der Waals surface area contributed by atoms with Crippen molar-refractivity contribution in [2.75, 3.05) is 20.3 Å². The molecule has 0 N–H and O–H groups in total. The van der Waals surface area contributed by atoms with Gasteiger partial charge in [0.05, 0.1) is 42.8 Å². The number of ether oxygens (including phenoxy) is 3. The highest BCUT2D eigenvalue weighted by Gasteiger charge is 2.27. The normalized spacial score (nSPS) is 10.8. The van der Waals surface area contributed by atoms with Gasteiger partial charge in [-0.3, -0.25) is 0 Å². The van der Waals surface area contributed by atoms with Crippen LogP contribution in [0.4, 0.5) is 0 Å². The van der Waals surface area contributed by atoms with Gasteiger partial charge in [0.15, 0.2) is 0 Å². The van der Waals surface area contributed by atoms with E-state index in [9.17, 15) is 9.59 Å². The summed E-state index contributed by atoms with van der Waals surface area (Å²) in [5, 5.41) is 9.38. The van der Waals surface area contributed by atoms with Crippen molar-refractivity contribution < 1.29 is 23.8 Å². The van der Waals surface area contributed by atoms with Gasteiger partial charge in [-0.25, -0.2) is 9.59 Å². The number of fused-ring (bicyclic) bond motifs is 1. The number of hydrogen-bond donors (Lipinski definition) is 0. The highest BCUT2D eigenvalue weighted by atomic mass is 16.5. The van der Waals surface area contributed by atoms with Gasteiger partial charge in [0.25, 0.3) is 0 Å². The van der Waals surface area contributed by atoms with Gasteiger partial charge in [0, 0.05) is 23.6 Å². The fourth-order valence-electron chi connectivity index (χ4n) is 3.53. The maximum absolute atomic E-state index is 12.7. The summed E-state index contributed by atoms with van der Waals surface area (Å²) in [6.45, 7) is 6.16. The molecular formula is C23H27N3O5. The average molecular weight is 425 g/mol. The van der Waals surface area contributed by atoms with Gasteiger partial charge in [0.1, 0.15) is 5.75 Å². The molecule has 0 atom stereocenters. The van der Waals surface area contributed by atoms with Gasteiger partial charge in [0.2, 0.25) is 0 Å². The first-order chi connectivity index (χ1) is 15.0. The number of nitrogens with zero attached hydrogens (tertiary/aromatic N) is 3. The van der Waals surface area contributed by atoms with Crippen molar-refractivity contribution in [1.82, 2.24) is 14.8 Å². The maximum Gasteiger partial charge on any atom is 0.341 e. The second-order valence-electron chi connectivity index (χ2n) is 6.96. The third kappa shape index (κ3) is 4.84. The summed E-state index contributed by atoms with van der Waals surface area (Å²) in [7, 11) is 1.65. The van der Waals surface area contributed by atoms with Crippen molar-refractivity contribution in [3.05, 3.63) is 53.0 Å². The molecule has 0 amide bonds. The third-order valence-corrected chi connectivity index (χ3v) is 4.97. The highest BCUT2D eigenvalue weighted by molar-refractivity contribution is 6.04. The Morgan fingerprint density at radius 1 is 1.00 bits per heavy atom. The lowest BCUT2D eigenvalue weighted by Gasteiger charge is -2.14. The number of benzene rings is 1. The SMILES string of the molecule is CCOC(=O)c1c(C)nnc(CCCn2ccc3cc(OC)ccc32)c1C(=O)OCC. The number of aryl methyl sites for hydroxylation is 3. The van der Waals surface area contributed by atoms with E-state index in [2.05, 4.69) is 14.8 Å². The lowest BCUT2D eigenvalue weighted by molar-refractivity contribution is 0.0475. The van der Waals surface area contributed by atoms with Crippen molar-refractivity contribution in [2.45, 2.75) is 40.2 Å². The first-order valence-corrected chi connectivity index (χ1v) is 10.3. The quantitative estimate of drug-likeness (QED) is 0.482. The van der Waals surface area contributed by atoms with E-state index in [0.717, 1.165) is 16.7 Å². The Morgan fingerprint density at radius 3 is 2.39 bits per heavy atom. The molecule has 3 rings (SSSR count). The molecule has 0 unspecified atom stereocenters. The third-order valence-electron chi connectivity index (χ3n) is 4.97. The van der Waals surface area contributed by atoms with Crippen LogP contribution in [0.3, 0.4) is 0 Å². The molecule has 0 fully saturated rings. The Labute approximate surface area is 181 Å². The van der Waals surface area contributed by atoms with E-state index in [-0.39, 0.29) is 24.3 Å². The van der Waals surface area contributed by atoms with Gasteiger partial charge in [-0.1, -0.05) is 0 Å². The summed E-state index contributed by atoms with van der Waals surface area (Å²) in [5.41, 5.74) is 2.15. The zero-order chi connectivity index (χ0) is 22.4. The zero-order valence-electron chi connectivity index (χ0n) is 18.3. The second-order valence-corrected chi connectivity index (χ2v) is 6.96. The predicted octanol–water partition coefficient (Wildman–Crippen LogP) is 3.73. The molecule has 31 heavy (non-hydrogen) atoms. The molecule has 0 bridgehead atoms. The number of carbonyl (C=O) groups is 2. The minimum atomic E-state index is -0.593. The summed E-state index contributed by atoms with van der Waals surface area (Å²) >= 11 is 0. The number of rotatable bonds is 9. The minimum absolute atomic E-state index is 0.129. The number of hydrogen-bond acceptors (Lipinski definition) is 7. The molecule has 0 aliphatic carbocycles. The monoisotopic (exact) mass is 425 g/mol. The van der Waals surface area contributed by atoms with Gasteiger partial charge in [-0.15, -0.1) is 0 Å². The van der Waals surface area contributed by atoms with Crippen LogP contribution in [0.5, 0.6) is 5.75 Å². The van der Waals surface area contributed by atoms with Crippen LogP contribution in [0.15, 0.2) is 30.5 Å². The maximum atomic E-state index is 12.7. The molecule has 0 saturated carbocycles. The molecule has 0 aliphatic rings.